The van der Waals surface area contributed by atoms with Gasteiger partial charge in [-0.3, -0.25) is 0 Å². The lowest BCUT2D eigenvalue weighted by atomic mass is 10.1. The zero-order chi connectivity index (χ0) is 18.3. The Morgan fingerprint density at radius 3 is 2.31 bits per heavy atom. The van der Waals surface area contributed by atoms with Gasteiger partial charge in [0.2, 0.25) is 0 Å². The third kappa shape index (κ3) is 3.20. The summed E-state index contributed by atoms with van der Waals surface area (Å²) in [5.41, 5.74) is 2.71. The Balaban J connectivity index is 1.78. The SMILES string of the molecule is O=C(O)N1CCN(C2=Cc3cc(Cl)ccc3Oc3ccc(Cl)cc32)CC1. The smallest absolute Gasteiger partial charge is 0.407 e. The summed E-state index contributed by atoms with van der Waals surface area (Å²) in [6, 6.07) is 11.0. The maximum absolute atomic E-state index is 11.2. The van der Waals surface area contributed by atoms with Crippen molar-refractivity contribution in [2.24, 2.45) is 0 Å². The second-order valence-corrected chi connectivity index (χ2v) is 7.08. The molecule has 4 rings (SSSR count). The number of halogens is 2. The van der Waals surface area contributed by atoms with Crippen molar-refractivity contribution in [1.82, 2.24) is 9.80 Å². The summed E-state index contributed by atoms with van der Waals surface area (Å²) in [5.74, 6) is 1.43. The van der Waals surface area contributed by atoms with Gasteiger partial charge in [-0.05, 0) is 42.5 Å². The molecule has 2 aromatic rings. The van der Waals surface area contributed by atoms with E-state index in [1.54, 1.807) is 12.1 Å². The van der Waals surface area contributed by atoms with Gasteiger partial charge in [0.25, 0.3) is 0 Å². The van der Waals surface area contributed by atoms with Gasteiger partial charge >= 0.3 is 6.09 Å². The second kappa shape index (κ2) is 6.74. The molecule has 0 radical (unpaired) electrons. The van der Waals surface area contributed by atoms with Crippen LogP contribution in [-0.2, 0) is 0 Å². The summed E-state index contributed by atoms with van der Waals surface area (Å²) in [6.45, 7) is 2.09. The van der Waals surface area contributed by atoms with Crippen LogP contribution in [0, 0.1) is 0 Å². The van der Waals surface area contributed by atoms with Gasteiger partial charge in [0.05, 0.1) is 0 Å². The number of amides is 1. The second-order valence-electron chi connectivity index (χ2n) is 6.21. The minimum absolute atomic E-state index is 0.450. The number of ether oxygens (including phenoxy) is 1. The minimum atomic E-state index is -0.886. The normalized spacial score (nSPS) is 16.2. The molecular weight excluding hydrogens is 375 g/mol. The van der Waals surface area contributed by atoms with E-state index in [0.29, 0.717) is 42.0 Å². The lowest BCUT2D eigenvalue weighted by molar-refractivity contribution is 0.122. The number of carbonyl (C=O) groups is 1. The molecule has 0 aliphatic carbocycles. The largest absolute Gasteiger partial charge is 0.465 e. The lowest BCUT2D eigenvalue weighted by Crippen LogP contribution is -2.47. The molecule has 1 fully saturated rings. The number of hydrogen-bond donors (Lipinski definition) is 1. The molecule has 0 saturated carbocycles. The molecule has 0 aromatic heterocycles. The molecule has 1 saturated heterocycles. The lowest BCUT2D eigenvalue weighted by Gasteiger charge is -2.36. The fraction of sp³-hybridized carbons (Fsp3) is 0.211. The Hall–Kier alpha value is -2.37. The fourth-order valence-corrected chi connectivity index (χ4v) is 3.61. The Labute approximate surface area is 161 Å². The van der Waals surface area contributed by atoms with Crippen molar-refractivity contribution in [1.29, 1.82) is 0 Å². The molecular formula is C19H16Cl2N2O3. The van der Waals surface area contributed by atoms with Crippen molar-refractivity contribution in [3.63, 3.8) is 0 Å². The van der Waals surface area contributed by atoms with Crippen LogP contribution in [0.1, 0.15) is 11.1 Å². The molecule has 7 heteroatoms. The topological polar surface area (TPSA) is 53.0 Å². The van der Waals surface area contributed by atoms with Crippen LogP contribution in [0.15, 0.2) is 36.4 Å². The average Bonchev–Trinajstić information content (AvgIpc) is 2.78. The Kier molecular flexibility index (Phi) is 4.42. The van der Waals surface area contributed by atoms with E-state index in [-0.39, 0.29) is 0 Å². The maximum atomic E-state index is 11.2. The standard InChI is InChI=1S/C19H16Cl2N2O3/c20-13-1-3-17-12(9-13)10-16(15-11-14(21)2-4-18(15)26-17)22-5-7-23(8-6-22)19(24)25/h1-4,9-11H,5-8H2,(H,24,25). The first-order valence-corrected chi connectivity index (χ1v) is 8.99. The van der Waals surface area contributed by atoms with Crippen molar-refractivity contribution in [3.05, 3.63) is 57.6 Å². The van der Waals surface area contributed by atoms with Crippen molar-refractivity contribution in [2.45, 2.75) is 0 Å². The van der Waals surface area contributed by atoms with Crippen molar-refractivity contribution in [2.75, 3.05) is 26.2 Å². The first-order valence-electron chi connectivity index (χ1n) is 8.23. The van der Waals surface area contributed by atoms with E-state index in [4.69, 9.17) is 27.9 Å². The van der Waals surface area contributed by atoms with Gasteiger partial charge in [0, 0.05) is 53.0 Å². The quantitative estimate of drug-likeness (QED) is 0.752. The van der Waals surface area contributed by atoms with Gasteiger partial charge < -0.3 is 19.6 Å². The summed E-state index contributed by atoms with van der Waals surface area (Å²) >= 11 is 12.4. The van der Waals surface area contributed by atoms with Crippen molar-refractivity contribution < 1.29 is 14.6 Å². The molecule has 0 atom stereocenters. The van der Waals surface area contributed by atoms with Crippen LogP contribution in [0.25, 0.3) is 11.8 Å². The van der Waals surface area contributed by atoms with E-state index in [2.05, 4.69) is 4.90 Å². The van der Waals surface area contributed by atoms with Gasteiger partial charge in [-0.1, -0.05) is 23.2 Å². The molecule has 2 aliphatic rings. The highest BCUT2D eigenvalue weighted by Gasteiger charge is 2.26. The highest BCUT2D eigenvalue weighted by molar-refractivity contribution is 6.31. The number of hydrogen-bond acceptors (Lipinski definition) is 3. The monoisotopic (exact) mass is 390 g/mol. The molecule has 1 amide bonds. The van der Waals surface area contributed by atoms with Crippen LogP contribution < -0.4 is 4.74 Å². The van der Waals surface area contributed by atoms with E-state index in [9.17, 15) is 9.90 Å². The number of nitrogens with zero attached hydrogens (tertiary/aromatic N) is 2. The van der Waals surface area contributed by atoms with Crippen LogP contribution in [0.4, 0.5) is 4.79 Å². The Bertz CT molecular complexity index is 906. The maximum Gasteiger partial charge on any atom is 0.407 e. The predicted octanol–water partition coefficient (Wildman–Crippen LogP) is 4.89. The van der Waals surface area contributed by atoms with Crippen LogP contribution in [0.2, 0.25) is 10.0 Å². The zero-order valence-corrected chi connectivity index (χ0v) is 15.3. The van der Waals surface area contributed by atoms with Crippen molar-refractivity contribution >= 4 is 41.1 Å². The van der Waals surface area contributed by atoms with E-state index in [1.807, 2.05) is 30.3 Å². The molecule has 2 heterocycles. The molecule has 0 spiro atoms. The first kappa shape index (κ1) is 17.1. The van der Waals surface area contributed by atoms with Gasteiger partial charge in [0.1, 0.15) is 11.5 Å². The zero-order valence-electron chi connectivity index (χ0n) is 13.8. The van der Waals surface area contributed by atoms with Gasteiger partial charge in [-0.25, -0.2) is 4.79 Å². The highest BCUT2D eigenvalue weighted by Crippen LogP contribution is 2.41. The van der Waals surface area contributed by atoms with E-state index in [1.165, 1.54) is 4.90 Å². The van der Waals surface area contributed by atoms with Crippen LogP contribution in [0.3, 0.4) is 0 Å². The number of carboxylic acid groups (broad SMARTS) is 1. The third-order valence-electron chi connectivity index (χ3n) is 4.59. The number of piperazine rings is 1. The Morgan fingerprint density at radius 2 is 1.62 bits per heavy atom. The summed E-state index contributed by atoms with van der Waals surface area (Å²) in [4.78, 5) is 14.8. The van der Waals surface area contributed by atoms with Gasteiger partial charge in [-0.2, -0.15) is 0 Å². The predicted molar refractivity (Wildman–Crippen MR) is 102 cm³/mol. The molecule has 26 heavy (non-hydrogen) atoms. The summed E-state index contributed by atoms with van der Waals surface area (Å²) in [5, 5.41) is 10.4. The fourth-order valence-electron chi connectivity index (χ4n) is 3.26. The van der Waals surface area contributed by atoms with Crippen LogP contribution in [-0.4, -0.2) is 47.2 Å². The van der Waals surface area contributed by atoms with E-state index in [0.717, 1.165) is 22.6 Å². The average molecular weight is 391 g/mol. The van der Waals surface area contributed by atoms with Crippen LogP contribution in [0.5, 0.6) is 11.5 Å². The van der Waals surface area contributed by atoms with Crippen LogP contribution >= 0.6 is 23.2 Å². The van der Waals surface area contributed by atoms with Gasteiger partial charge in [-0.15, -0.1) is 0 Å². The van der Waals surface area contributed by atoms with Crippen molar-refractivity contribution in [3.8, 4) is 11.5 Å². The summed E-state index contributed by atoms with van der Waals surface area (Å²) < 4.78 is 6.09. The summed E-state index contributed by atoms with van der Waals surface area (Å²) in [7, 11) is 0. The minimum Gasteiger partial charge on any atom is -0.465 e. The molecule has 2 aliphatic heterocycles. The molecule has 0 bridgehead atoms. The van der Waals surface area contributed by atoms with E-state index < -0.39 is 6.09 Å². The molecule has 2 aromatic carbocycles. The molecule has 0 unspecified atom stereocenters. The molecule has 134 valence electrons. The summed E-state index contributed by atoms with van der Waals surface area (Å²) in [6.07, 6.45) is 1.14. The third-order valence-corrected chi connectivity index (χ3v) is 5.06. The van der Waals surface area contributed by atoms with Gasteiger partial charge in [0.15, 0.2) is 0 Å². The number of fused-ring (bicyclic) bond motifs is 2. The number of rotatable bonds is 1. The highest BCUT2D eigenvalue weighted by atomic mass is 35.5. The first-order chi connectivity index (χ1) is 12.5. The van der Waals surface area contributed by atoms with E-state index >= 15 is 0 Å². The molecule has 5 nitrogen and oxygen atoms in total. The number of benzene rings is 2. The molecule has 1 N–H and O–H groups in total. The Morgan fingerprint density at radius 1 is 0.962 bits per heavy atom.